The number of para-hydroxylation sites is 4. The Morgan fingerprint density at radius 3 is 1.00 bits per heavy atom. The monoisotopic (exact) mass is 1470 g/mol. The molecule has 0 spiro atoms. The summed E-state index contributed by atoms with van der Waals surface area (Å²) in [6, 6.07) is 142. The van der Waals surface area contributed by atoms with E-state index in [-0.39, 0.29) is 0 Å². The second-order valence-corrected chi connectivity index (χ2v) is 31.1. The van der Waals surface area contributed by atoms with E-state index in [0.717, 1.165) is 33.9 Å². The Hall–Kier alpha value is -15.5. The predicted molar refractivity (Wildman–Crippen MR) is 486 cm³/mol. The van der Waals surface area contributed by atoms with E-state index in [1.807, 2.05) is 0 Å². The van der Waals surface area contributed by atoms with Crippen LogP contribution in [0.5, 0.6) is 0 Å². The van der Waals surface area contributed by atoms with Gasteiger partial charge in [-0.2, -0.15) is 0 Å². The lowest BCUT2D eigenvalue weighted by molar-refractivity contribution is 1.18. The average Bonchev–Trinajstić information content (AvgIpc) is 1.58. The number of benzene rings is 18. The quantitative estimate of drug-likeness (QED) is 0.152. The van der Waals surface area contributed by atoms with Gasteiger partial charge in [-0.05, 0) is 205 Å². The molecule has 2 aliphatic rings. The number of pyridine rings is 2. The van der Waals surface area contributed by atoms with Crippen molar-refractivity contribution in [2.24, 2.45) is 0 Å². The SMILES string of the molecule is c1ccc(-n2c3ccccc3c3cc(-c4ccc5c(c4)c4c6ccccc6ccc4n5-c4cccc(-c5ncc6c7c(cccc57)-c5ccccc5-6)c4)ccc32)cc1.c1ccc(-n2c3ccccc3c3cc(-c4ccc5c(c4)c4cc6ccccc6cc4n5-c4cccc(-c5ncc6c7c(cccc57)-c5ccccc5-6)c4)ccc32)cc1. The van der Waals surface area contributed by atoms with Gasteiger partial charge in [-0.1, -0.05) is 261 Å². The van der Waals surface area contributed by atoms with Crippen LogP contribution in [-0.2, 0) is 0 Å². The highest BCUT2D eigenvalue weighted by Gasteiger charge is 2.28. The normalized spacial score (nSPS) is 12.1. The van der Waals surface area contributed by atoms with E-state index >= 15 is 0 Å². The third kappa shape index (κ3) is 9.53. The van der Waals surface area contributed by atoms with Gasteiger partial charge in [0.15, 0.2) is 0 Å². The highest BCUT2D eigenvalue weighted by atomic mass is 15.0. The van der Waals surface area contributed by atoms with E-state index in [9.17, 15) is 0 Å². The molecule has 0 fully saturated rings. The fourth-order valence-electron chi connectivity index (χ4n) is 19.8. The minimum atomic E-state index is 1.01. The second kappa shape index (κ2) is 25.0. The van der Waals surface area contributed by atoms with Gasteiger partial charge in [0.05, 0.1) is 55.5 Å². The highest BCUT2D eigenvalue weighted by Crippen LogP contribution is 2.52. The molecule has 536 valence electrons. The van der Waals surface area contributed by atoms with Crippen LogP contribution >= 0.6 is 0 Å². The summed E-state index contributed by atoms with van der Waals surface area (Å²) in [5, 5.41) is 19.9. The molecule has 0 unspecified atom stereocenters. The van der Waals surface area contributed by atoms with E-state index in [1.54, 1.807) is 0 Å². The van der Waals surface area contributed by atoms with E-state index < -0.39 is 0 Å². The van der Waals surface area contributed by atoms with Crippen LogP contribution in [0.1, 0.15) is 0 Å². The summed E-state index contributed by atoms with van der Waals surface area (Å²) in [5.74, 6) is 0. The molecule has 6 heteroatoms. The Balaban J connectivity index is 0.000000130. The maximum atomic E-state index is 5.16. The van der Waals surface area contributed by atoms with Gasteiger partial charge in [0.2, 0.25) is 0 Å². The Morgan fingerprint density at radius 2 is 0.491 bits per heavy atom. The molecule has 0 atom stereocenters. The molecule has 0 radical (unpaired) electrons. The van der Waals surface area contributed by atoms with E-state index in [1.165, 1.54) is 208 Å². The van der Waals surface area contributed by atoms with Crippen molar-refractivity contribution >= 4 is 130 Å². The van der Waals surface area contributed by atoms with Crippen LogP contribution < -0.4 is 0 Å². The van der Waals surface area contributed by atoms with Crippen molar-refractivity contribution in [2.75, 3.05) is 0 Å². The molecule has 0 saturated carbocycles. The van der Waals surface area contributed by atoms with E-state index in [0.29, 0.717) is 0 Å². The van der Waals surface area contributed by atoms with Gasteiger partial charge < -0.3 is 18.3 Å². The first-order chi connectivity index (χ1) is 57.5. The summed E-state index contributed by atoms with van der Waals surface area (Å²) in [6.45, 7) is 0. The standard InChI is InChI=1S/2C55H33N3/c1-2-14-38(15-3-1)57-49-23-9-8-20-43(49)46-31-35(25-27-50(46)57)36-26-28-51-47(32-36)54-40-17-5-4-12-34(40)24-29-52(54)58(51)39-16-10-13-37(30-39)55-45-22-11-21-44-41-18-6-7-19-42(41)48(33-56-55)53(44)45;1-2-15-39(16-3-1)57-50-23-9-8-20-43(50)46-30-36(24-26-51(46)57)37-25-27-52-47(31-37)48-29-34-12-4-5-13-35(34)32-53(48)58(52)40-17-10-14-38(28-40)55-45-22-11-21-44-41-18-6-7-19-42(41)49(33-56-55)54(44)45/h2*1-33H. The van der Waals surface area contributed by atoms with E-state index in [4.69, 9.17) is 9.97 Å². The third-order valence-corrected chi connectivity index (χ3v) is 24.9. The lowest BCUT2D eigenvalue weighted by Crippen LogP contribution is -1.95. The summed E-state index contributed by atoms with van der Waals surface area (Å²) in [7, 11) is 0. The minimum Gasteiger partial charge on any atom is -0.309 e. The second-order valence-electron chi connectivity index (χ2n) is 31.1. The number of rotatable bonds is 8. The van der Waals surface area contributed by atoms with Gasteiger partial charge in [-0.3, -0.25) is 9.97 Å². The van der Waals surface area contributed by atoms with Crippen molar-refractivity contribution < 1.29 is 0 Å². The average molecular weight is 1470 g/mol. The summed E-state index contributed by atoms with van der Waals surface area (Å²) >= 11 is 0. The van der Waals surface area contributed by atoms with Crippen molar-refractivity contribution in [1.29, 1.82) is 0 Å². The summed E-state index contributed by atoms with van der Waals surface area (Å²) in [6.07, 6.45) is 4.15. The smallest absolute Gasteiger partial charge is 0.0781 e. The van der Waals surface area contributed by atoms with Crippen LogP contribution in [0, 0.1) is 0 Å². The lowest BCUT2D eigenvalue weighted by Gasteiger charge is -2.13. The molecular weight excluding hydrogens is 1410 g/mol. The maximum Gasteiger partial charge on any atom is 0.0781 e. The van der Waals surface area contributed by atoms with Crippen LogP contribution in [-0.4, -0.2) is 28.2 Å². The van der Waals surface area contributed by atoms with Gasteiger partial charge in [0.1, 0.15) is 0 Å². The number of hydrogen-bond donors (Lipinski definition) is 0. The van der Waals surface area contributed by atoms with Crippen molar-refractivity contribution in [1.82, 2.24) is 28.2 Å². The van der Waals surface area contributed by atoms with Crippen LogP contribution in [0.15, 0.2) is 401 Å². The lowest BCUT2D eigenvalue weighted by atomic mass is 9.99. The fourth-order valence-corrected chi connectivity index (χ4v) is 19.8. The molecule has 6 nitrogen and oxygen atoms in total. The molecule has 0 saturated heterocycles. The van der Waals surface area contributed by atoms with Gasteiger partial charge in [-0.15, -0.1) is 0 Å². The molecule has 6 aromatic heterocycles. The minimum absolute atomic E-state index is 1.01. The number of aromatic nitrogens is 6. The molecule has 26 rings (SSSR count). The fraction of sp³-hybridized carbons (Fsp3) is 0. The molecule has 6 heterocycles. The first-order valence-electron chi connectivity index (χ1n) is 39.9. The van der Waals surface area contributed by atoms with E-state index in [2.05, 4.69) is 419 Å². The van der Waals surface area contributed by atoms with Gasteiger partial charge in [0.25, 0.3) is 0 Å². The van der Waals surface area contributed by atoms with Crippen molar-refractivity contribution in [3.05, 3.63) is 401 Å². The maximum absolute atomic E-state index is 5.16. The zero-order chi connectivity index (χ0) is 75.8. The first-order valence-corrected chi connectivity index (χ1v) is 39.9. The van der Waals surface area contributed by atoms with Crippen LogP contribution in [0.3, 0.4) is 0 Å². The molecule has 116 heavy (non-hydrogen) atoms. The Morgan fingerprint density at radius 1 is 0.155 bits per heavy atom. The van der Waals surface area contributed by atoms with Gasteiger partial charge >= 0.3 is 0 Å². The molecular formula is C110H66N6. The van der Waals surface area contributed by atoms with Crippen LogP contribution in [0.2, 0.25) is 0 Å². The van der Waals surface area contributed by atoms with Crippen molar-refractivity contribution in [3.8, 4) is 112 Å². The van der Waals surface area contributed by atoms with Gasteiger partial charge in [0, 0.05) is 122 Å². The largest absolute Gasteiger partial charge is 0.309 e. The number of hydrogen-bond acceptors (Lipinski definition) is 2. The molecule has 24 aromatic rings. The Kier molecular flexibility index (Phi) is 13.8. The number of fused-ring (bicyclic) bond motifs is 21. The topological polar surface area (TPSA) is 45.5 Å². The molecule has 0 bridgehead atoms. The third-order valence-electron chi connectivity index (χ3n) is 24.9. The molecule has 0 N–H and O–H groups in total. The molecule has 0 aliphatic heterocycles. The summed E-state index contributed by atoms with van der Waals surface area (Å²) in [5.41, 5.74) is 33.3. The summed E-state index contributed by atoms with van der Waals surface area (Å²) < 4.78 is 9.64. The Bertz CT molecular complexity index is 8090. The van der Waals surface area contributed by atoms with Gasteiger partial charge in [-0.25, -0.2) is 0 Å². The zero-order valence-corrected chi connectivity index (χ0v) is 62.8. The number of nitrogens with zero attached hydrogens (tertiary/aromatic N) is 6. The van der Waals surface area contributed by atoms with Crippen LogP contribution in [0.4, 0.5) is 0 Å². The van der Waals surface area contributed by atoms with Crippen molar-refractivity contribution in [3.63, 3.8) is 0 Å². The predicted octanol–water partition coefficient (Wildman–Crippen LogP) is 29.1. The first kappa shape index (κ1) is 64.2. The zero-order valence-electron chi connectivity index (χ0n) is 62.8. The molecule has 0 amide bonds. The Labute approximate surface area is 666 Å². The van der Waals surface area contributed by atoms with Crippen LogP contribution in [0.25, 0.3) is 242 Å². The summed E-state index contributed by atoms with van der Waals surface area (Å²) in [4.78, 5) is 10.3. The van der Waals surface area contributed by atoms with Crippen molar-refractivity contribution in [2.45, 2.75) is 0 Å². The molecule has 2 aliphatic carbocycles. The molecule has 18 aromatic carbocycles. The highest BCUT2D eigenvalue weighted by molar-refractivity contribution is 6.24.